The molecule has 0 saturated carbocycles. The molecular formula is C14H23Cl2NO2. The van der Waals surface area contributed by atoms with Crippen LogP contribution in [-0.4, -0.2) is 35.4 Å². The van der Waals surface area contributed by atoms with Crippen molar-refractivity contribution in [3.8, 4) is 5.75 Å². The van der Waals surface area contributed by atoms with E-state index in [4.69, 9.17) is 4.74 Å². The van der Waals surface area contributed by atoms with Crippen LogP contribution < -0.4 is 4.74 Å². The Hall–Kier alpha value is -0.480. The third-order valence-electron chi connectivity index (χ3n) is 3.29. The molecule has 0 bridgehead atoms. The van der Waals surface area contributed by atoms with Gasteiger partial charge in [-0.15, -0.1) is 24.8 Å². The van der Waals surface area contributed by atoms with Gasteiger partial charge in [0, 0.05) is 13.1 Å². The van der Waals surface area contributed by atoms with Crippen LogP contribution in [0.25, 0.3) is 0 Å². The van der Waals surface area contributed by atoms with E-state index < -0.39 is 5.72 Å². The van der Waals surface area contributed by atoms with E-state index in [1.165, 1.54) is 19.3 Å². The van der Waals surface area contributed by atoms with Crippen molar-refractivity contribution >= 4 is 24.8 Å². The van der Waals surface area contributed by atoms with E-state index in [0.717, 1.165) is 18.8 Å². The summed E-state index contributed by atoms with van der Waals surface area (Å²) in [6, 6.07) is 9.64. The van der Waals surface area contributed by atoms with Crippen molar-refractivity contribution in [2.75, 3.05) is 19.7 Å². The summed E-state index contributed by atoms with van der Waals surface area (Å²) in [4.78, 5) is 2.11. The van der Waals surface area contributed by atoms with Crippen LogP contribution in [0.5, 0.6) is 5.75 Å². The fourth-order valence-electron chi connectivity index (χ4n) is 2.20. The highest BCUT2D eigenvalue weighted by atomic mass is 35.5. The number of rotatable bonds is 4. The fourth-order valence-corrected chi connectivity index (χ4v) is 2.20. The minimum atomic E-state index is -0.865. The number of hydrogen-bond donors (Lipinski definition) is 1. The highest BCUT2D eigenvalue weighted by Gasteiger charge is 2.30. The lowest BCUT2D eigenvalue weighted by atomic mass is 10.1. The van der Waals surface area contributed by atoms with Crippen LogP contribution in [0.2, 0.25) is 0 Å². The standard InChI is InChI=1S/C14H21NO2.2ClH/c1-14(16,15-10-6-3-7-11-15)12-17-13-8-4-2-5-9-13;;/h2,4-5,8-9,16H,3,6-7,10-12H2,1H3;2*1H. The second-order valence-corrected chi connectivity index (χ2v) is 4.87. The summed E-state index contributed by atoms with van der Waals surface area (Å²) in [7, 11) is 0. The molecule has 110 valence electrons. The average Bonchev–Trinajstić information content (AvgIpc) is 2.39. The number of ether oxygens (including phenoxy) is 1. The van der Waals surface area contributed by atoms with E-state index in [2.05, 4.69) is 4.90 Å². The molecule has 1 heterocycles. The summed E-state index contributed by atoms with van der Waals surface area (Å²) in [6.07, 6.45) is 3.61. The van der Waals surface area contributed by atoms with Crippen molar-refractivity contribution in [1.29, 1.82) is 0 Å². The Balaban J connectivity index is 0.00000162. The number of benzene rings is 1. The number of hydrogen-bond acceptors (Lipinski definition) is 3. The quantitative estimate of drug-likeness (QED) is 0.928. The molecule has 0 spiro atoms. The minimum absolute atomic E-state index is 0. The molecule has 1 fully saturated rings. The first-order valence-corrected chi connectivity index (χ1v) is 6.34. The van der Waals surface area contributed by atoms with Crippen LogP contribution in [0.1, 0.15) is 26.2 Å². The molecule has 1 aliphatic heterocycles. The Morgan fingerprint density at radius 3 is 2.26 bits per heavy atom. The highest BCUT2D eigenvalue weighted by molar-refractivity contribution is 5.85. The molecule has 0 radical (unpaired) electrons. The number of likely N-dealkylation sites (tertiary alicyclic amines) is 1. The number of nitrogens with zero attached hydrogens (tertiary/aromatic N) is 1. The Bertz CT molecular complexity index is 341. The summed E-state index contributed by atoms with van der Waals surface area (Å²) in [6.45, 7) is 4.08. The summed E-state index contributed by atoms with van der Waals surface area (Å²) in [5, 5.41) is 10.4. The SMILES string of the molecule is CC(O)(COc1ccccc1)N1CCCCC1.Cl.Cl. The van der Waals surface area contributed by atoms with Gasteiger partial charge in [0.25, 0.3) is 0 Å². The maximum absolute atomic E-state index is 10.4. The predicted octanol–water partition coefficient (Wildman–Crippen LogP) is 3.10. The van der Waals surface area contributed by atoms with Crippen molar-refractivity contribution in [2.24, 2.45) is 0 Å². The molecule has 1 aromatic carbocycles. The Morgan fingerprint density at radius 2 is 1.68 bits per heavy atom. The molecular weight excluding hydrogens is 285 g/mol. The van der Waals surface area contributed by atoms with E-state index in [1.54, 1.807) is 0 Å². The van der Waals surface area contributed by atoms with Gasteiger partial charge < -0.3 is 9.84 Å². The molecule has 1 atom stereocenters. The molecule has 1 aliphatic rings. The lowest BCUT2D eigenvalue weighted by Gasteiger charge is -2.39. The van der Waals surface area contributed by atoms with E-state index in [1.807, 2.05) is 37.3 Å². The Morgan fingerprint density at radius 1 is 1.11 bits per heavy atom. The smallest absolute Gasteiger partial charge is 0.149 e. The first-order chi connectivity index (χ1) is 8.18. The molecule has 1 unspecified atom stereocenters. The summed E-state index contributed by atoms with van der Waals surface area (Å²) in [5.74, 6) is 0.810. The summed E-state index contributed by atoms with van der Waals surface area (Å²) in [5.41, 5.74) is -0.865. The van der Waals surface area contributed by atoms with Gasteiger partial charge in [-0.2, -0.15) is 0 Å². The Labute approximate surface area is 127 Å². The maximum atomic E-state index is 10.4. The van der Waals surface area contributed by atoms with Gasteiger partial charge in [-0.3, -0.25) is 4.90 Å². The number of para-hydroxylation sites is 1. The predicted molar refractivity (Wildman–Crippen MR) is 82.5 cm³/mol. The van der Waals surface area contributed by atoms with Gasteiger partial charge in [0.1, 0.15) is 18.1 Å². The molecule has 1 N–H and O–H groups in total. The van der Waals surface area contributed by atoms with Crippen molar-refractivity contribution < 1.29 is 9.84 Å². The van der Waals surface area contributed by atoms with Crippen LogP contribution in [0.3, 0.4) is 0 Å². The zero-order valence-electron chi connectivity index (χ0n) is 11.2. The average molecular weight is 308 g/mol. The van der Waals surface area contributed by atoms with E-state index >= 15 is 0 Å². The van der Waals surface area contributed by atoms with Gasteiger partial charge >= 0.3 is 0 Å². The zero-order chi connectivity index (χ0) is 12.1. The van der Waals surface area contributed by atoms with Gasteiger partial charge in [-0.25, -0.2) is 0 Å². The van der Waals surface area contributed by atoms with Crippen molar-refractivity contribution in [2.45, 2.75) is 31.9 Å². The molecule has 2 rings (SSSR count). The number of aliphatic hydroxyl groups is 1. The zero-order valence-corrected chi connectivity index (χ0v) is 12.9. The Kier molecular flexibility index (Phi) is 8.42. The van der Waals surface area contributed by atoms with Crippen molar-refractivity contribution in [1.82, 2.24) is 4.90 Å². The highest BCUT2D eigenvalue weighted by Crippen LogP contribution is 2.20. The second kappa shape index (κ2) is 8.64. The normalized spacial score (nSPS) is 18.6. The van der Waals surface area contributed by atoms with Crippen LogP contribution >= 0.6 is 24.8 Å². The first-order valence-electron chi connectivity index (χ1n) is 6.34. The van der Waals surface area contributed by atoms with Gasteiger partial charge in [0.05, 0.1) is 0 Å². The van der Waals surface area contributed by atoms with E-state index in [9.17, 15) is 5.11 Å². The topological polar surface area (TPSA) is 32.7 Å². The summed E-state index contributed by atoms with van der Waals surface area (Å²) >= 11 is 0. The van der Waals surface area contributed by atoms with Gasteiger partial charge in [0.15, 0.2) is 0 Å². The molecule has 1 aromatic rings. The third kappa shape index (κ3) is 5.57. The monoisotopic (exact) mass is 307 g/mol. The van der Waals surface area contributed by atoms with Crippen LogP contribution in [0, 0.1) is 0 Å². The minimum Gasteiger partial charge on any atom is -0.489 e. The lowest BCUT2D eigenvalue weighted by Crippen LogP contribution is -2.52. The van der Waals surface area contributed by atoms with E-state index in [-0.39, 0.29) is 24.8 Å². The summed E-state index contributed by atoms with van der Waals surface area (Å²) < 4.78 is 5.63. The van der Waals surface area contributed by atoms with Crippen molar-refractivity contribution in [3.63, 3.8) is 0 Å². The molecule has 1 saturated heterocycles. The maximum Gasteiger partial charge on any atom is 0.149 e. The molecule has 5 heteroatoms. The third-order valence-corrected chi connectivity index (χ3v) is 3.29. The largest absolute Gasteiger partial charge is 0.489 e. The first kappa shape index (κ1) is 18.5. The van der Waals surface area contributed by atoms with Gasteiger partial charge in [0.2, 0.25) is 0 Å². The lowest BCUT2D eigenvalue weighted by molar-refractivity contribution is -0.125. The van der Waals surface area contributed by atoms with Gasteiger partial charge in [-0.05, 0) is 31.9 Å². The molecule has 19 heavy (non-hydrogen) atoms. The molecule has 3 nitrogen and oxygen atoms in total. The van der Waals surface area contributed by atoms with Crippen LogP contribution in [0.4, 0.5) is 0 Å². The van der Waals surface area contributed by atoms with Crippen LogP contribution in [-0.2, 0) is 0 Å². The van der Waals surface area contributed by atoms with E-state index in [0.29, 0.717) is 6.61 Å². The molecule has 0 aromatic heterocycles. The molecule has 0 amide bonds. The van der Waals surface area contributed by atoms with Crippen molar-refractivity contribution in [3.05, 3.63) is 30.3 Å². The van der Waals surface area contributed by atoms with Crippen LogP contribution in [0.15, 0.2) is 30.3 Å². The number of halogens is 2. The van der Waals surface area contributed by atoms with Gasteiger partial charge in [-0.1, -0.05) is 24.6 Å². The second-order valence-electron chi connectivity index (χ2n) is 4.87. The fraction of sp³-hybridized carbons (Fsp3) is 0.571. The number of piperidine rings is 1. The molecule has 0 aliphatic carbocycles.